The highest BCUT2D eigenvalue weighted by Gasteiger charge is 2.23. The maximum atomic E-state index is 10.3. The standard InChI is InChI=1S/C16H14O2/c17-16-13(10-12-6-2-1-3-7-12)11-18-15-9-5-4-8-14(15)16/h1-10,16-17H,11H2. The van der Waals surface area contributed by atoms with Gasteiger partial charge < -0.3 is 9.84 Å². The molecule has 0 aliphatic carbocycles. The summed E-state index contributed by atoms with van der Waals surface area (Å²) in [6.45, 7) is 0.438. The summed E-state index contributed by atoms with van der Waals surface area (Å²) in [5.41, 5.74) is 2.81. The highest BCUT2D eigenvalue weighted by Crippen LogP contribution is 2.35. The zero-order valence-corrected chi connectivity index (χ0v) is 9.91. The lowest BCUT2D eigenvalue weighted by Gasteiger charge is -2.25. The summed E-state index contributed by atoms with van der Waals surface area (Å²) in [5.74, 6) is 0.773. The van der Waals surface area contributed by atoms with Crippen molar-refractivity contribution in [1.82, 2.24) is 0 Å². The van der Waals surface area contributed by atoms with Gasteiger partial charge in [-0.05, 0) is 17.7 Å². The van der Waals surface area contributed by atoms with Crippen LogP contribution in [0.15, 0.2) is 60.2 Å². The molecule has 1 N–H and O–H groups in total. The number of hydrogen-bond acceptors (Lipinski definition) is 2. The summed E-state index contributed by atoms with van der Waals surface area (Å²) in [7, 11) is 0. The Hall–Kier alpha value is -2.06. The normalized spacial score (nSPS) is 20.3. The van der Waals surface area contributed by atoms with Crippen LogP contribution >= 0.6 is 0 Å². The van der Waals surface area contributed by atoms with E-state index in [9.17, 15) is 5.11 Å². The van der Waals surface area contributed by atoms with E-state index in [-0.39, 0.29) is 0 Å². The predicted molar refractivity (Wildman–Crippen MR) is 71.3 cm³/mol. The molecule has 0 amide bonds. The average molecular weight is 238 g/mol. The molecule has 2 heteroatoms. The van der Waals surface area contributed by atoms with Crippen molar-refractivity contribution < 1.29 is 9.84 Å². The molecule has 0 spiro atoms. The summed E-state index contributed by atoms with van der Waals surface area (Å²) in [6, 6.07) is 17.6. The quantitative estimate of drug-likeness (QED) is 0.826. The van der Waals surface area contributed by atoms with Gasteiger partial charge in [0.2, 0.25) is 0 Å². The van der Waals surface area contributed by atoms with Gasteiger partial charge in [0.05, 0.1) is 0 Å². The van der Waals surface area contributed by atoms with Crippen molar-refractivity contribution >= 4 is 6.08 Å². The van der Waals surface area contributed by atoms with E-state index in [1.54, 1.807) is 0 Å². The summed E-state index contributed by atoms with van der Waals surface area (Å²) in [5, 5.41) is 10.3. The fraction of sp³-hybridized carbons (Fsp3) is 0.125. The second kappa shape index (κ2) is 4.67. The third-order valence-electron chi connectivity index (χ3n) is 3.11. The number of aliphatic hydroxyl groups excluding tert-OH is 1. The number of aliphatic hydroxyl groups is 1. The first-order valence-corrected chi connectivity index (χ1v) is 6.00. The van der Waals surface area contributed by atoms with Gasteiger partial charge in [0.15, 0.2) is 0 Å². The first-order valence-electron chi connectivity index (χ1n) is 6.00. The van der Waals surface area contributed by atoms with Crippen LogP contribution in [-0.4, -0.2) is 11.7 Å². The lowest BCUT2D eigenvalue weighted by molar-refractivity contribution is 0.172. The fourth-order valence-electron chi connectivity index (χ4n) is 2.16. The van der Waals surface area contributed by atoms with Crippen LogP contribution in [0.25, 0.3) is 6.08 Å². The number of fused-ring (bicyclic) bond motifs is 1. The van der Waals surface area contributed by atoms with Crippen molar-refractivity contribution in [3.05, 3.63) is 71.3 Å². The molecule has 90 valence electrons. The topological polar surface area (TPSA) is 29.5 Å². The molecule has 1 heterocycles. The molecule has 2 aromatic rings. The Morgan fingerprint density at radius 2 is 1.72 bits per heavy atom. The Morgan fingerprint density at radius 3 is 2.56 bits per heavy atom. The number of hydrogen-bond donors (Lipinski definition) is 1. The van der Waals surface area contributed by atoms with E-state index < -0.39 is 6.10 Å². The van der Waals surface area contributed by atoms with Crippen molar-refractivity contribution in [2.24, 2.45) is 0 Å². The minimum absolute atomic E-state index is 0.438. The zero-order valence-electron chi connectivity index (χ0n) is 9.91. The van der Waals surface area contributed by atoms with E-state index >= 15 is 0 Å². The van der Waals surface area contributed by atoms with Gasteiger partial charge in [-0.2, -0.15) is 0 Å². The van der Waals surface area contributed by atoms with Gasteiger partial charge in [-0.15, -0.1) is 0 Å². The van der Waals surface area contributed by atoms with Gasteiger partial charge in [-0.3, -0.25) is 0 Å². The molecule has 1 unspecified atom stereocenters. The zero-order chi connectivity index (χ0) is 12.4. The fourth-order valence-corrected chi connectivity index (χ4v) is 2.16. The molecule has 0 aromatic heterocycles. The maximum Gasteiger partial charge on any atom is 0.125 e. The lowest BCUT2D eigenvalue weighted by Crippen LogP contribution is -2.17. The van der Waals surface area contributed by atoms with Gasteiger partial charge in [0.1, 0.15) is 18.5 Å². The second-order valence-corrected chi connectivity index (χ2v) is 4.36. The average Bonchev–Trinajstić information content (AvgIpc) is 2.43. The summed E-state index contributed by atoms with van der Waals surface area (Å²) in [6.07, 6.45) is 1.41. The molecule has 2 nitrogen and oxygen atoms in total. The van der Waals surface area contributed by atoms with Crippen LogP contribution in [0, 0.1) is 0 Å². The highest BCUT2D eigenvalue weighted by atomic mass is 16.5. The molecule has 0 saturated carbocycles. The van der Waals surface area contributed by atoms with E-state index in [4.69, 9.17) is 4.74 Å². The highest BCUT2D eigenvalue weighted by molar-refractivity contribution is 5.57. The van der Waals surface area contributed by atoms with E-state index in [2.05, 4.69) is 0 Å². The molecule has 0 bridgehead atoms. The molecule has 1 aliphatic rings. The summed E-state index contributed by atoms with van der Waals surface area (Å²) < 4.78 is 5.65. The minimum atomic E-state index is -0.574. The van der Waals surface area contributed by atoms with E-state index in [0.717, 1.165) is 22.4 Å². The van der Waals surface area contributed by atoms with E-state index in [1.165, 1.54) is 0 Å². The monoisotopic (exact) mass is 238 g/mol. The molecule has 3 rings (SSSR count). The van der Waals surface area contributed by atoms with Gasteiger partial charge >= 0.3 is 0 Å². The molecule has 1 aliphatic heterocycles. The summed E-state index contributed by atoms with van der Waals surface area (Å²) >= 11 is 0. The Morgan fingerprint density at radius 1 is 1.00 bits per heavy atom. The molecular weight excluding hydrogens is 224 g/mol. The van der Waals surface area contributed by atoms with Gasteiger partial charge in [0, 0.05) is 11.1 Å². The molecule has 0 saturated heterocycles. The smallest absolute Gasteiger partial charge is 0.125 e. The van der Waals surface area contributed by atoms with Gasteiger partial charge in [0.25, 0.3) is 0 Å². The predicted octanol–water partition coefficient (Wildman–Crippen LogP) is 3.20. The number of rotatable bonds is 1. The van der Waals surface area contributed by atoms with Crippen LogP contribution < -0.4 is 4.74 Å². The van der Waals surface area contributed by atoms with Crippen LogP contribution in [0.1, 0.15) is 17.2 Å². The van der Waals surface area contributed by atoms with Crippen molar-refractivity contribution in [3.63, 3.8) is 0 Å². The number of para-hydroxylation sites is 1. The van der Waals surface area contributed by atoms with Crippen molar-refractivity contribution in [2.45, 2.75) is 6.10 Å². The number of benzene rings is 2. The molecule has 0 radical (unpaired) electrons. The van der Waals surface area contributed by atoms with Crippen LogP contribution in [0.4, 0.5) is 0 Å². The Balaban J connectivity index is 1.96. The van der Waals surface area contributed by atoms with Gasteiger partial charge in [-0.1, -0.05) is 48.5 Å². The van der Waals surface area contributed by atoms with E-state index in [1.807, 2.05) is 60.7 Å². The molecular formula is C16H14O2. The van der Waals surface area contributed by atoms with Crippen LogP contribution in [0.3, 0.4) is 0 Å². The molecule has 2 aromatic carbocycles. The first kappa shape index (κ1) is 11.1. The summed E-state index contributed by atoms with van der Waals surface area (Å²) in [4.78, 5) is 0. The SMILES string of the molecule is OC1C(=Cc2ccccc2)COc2ccccc21. The molecule has 0 fully saturated rings. The Labute approximate surface area is 106 Å². The third kappa shape index (κ3) is 2.03. The van der Waals surface area contributed by atoms with Crippen molar-refractivity contribution in [2.75, 3.05) is 6.61 Å². The number of ether oxygens (including phenoxy) is 1. The Bertz CT molecular complexity index is 573. The van der Waals surface area contributed by atoms with Crippen LogP contribution in [0.5, 0.6) is 5.75 Å². The lowest BCUT2D eigenvalue weighted by atomic mass is 9.97. The molecule has 18 heavy (non-hydrogen) atoms. The largest absolute Gasteiger partial charge is 0.489 e. The maximum absolute atomic E-state index is 10.3. The Kier molecular flexibility index (Phi) is 2.87. The first-order chi connectivity index (χ1) is 8.84. The third-order valence-corrected chi connectivity index (χ3v) is 3.11. The van der Waals surface area contributed by atoms with Crippen LogP contribution in [-0.2, 0) is 0 Å². The van der Waals surface area contributed by atoms with E-state index in [0.29, 0.717) is 6.61 Å². The second-order valence-electron chi connectivity index (χ2n) is 4.36. The van der Waals surface area contributed by atoms with Crippen molar-refractivity contribution in [1.29, 1.82) is 0 Å². The minimum Gasteiger partial charge on any atom is -0.489 e. The van der Waals surface area contributed by atoms with Crippen molar-refractivity contribution in [3.8, 4) is 5.75 Å². The van der Waals surface area contributed by atoms with Crippen LogP contribution in [0.2, 0.25) is 0 Å². The molecule has 1 atom stereocenters. The van der Waals surface area contributed by atoms with Gasteiger partial charge in [-0.25, -0.2) is 0 Å².